The first-order valence-corrected chi connectivity index (χ1v) is 11.9. The quantitative estimate of drug-likeness (QED) is 0.173. The minimum absolute atomic E-state index is 0.0122. The van der Waals surface area contributed by atoms with Crippen molar-refractivity contribution in [3.8, 4) is 11.5 Å². The molecular formula is C28H25F6NO5. The molecule has 6 nitrogen and oxygen atoms in total. The van der Waals surface area contributed by atoms with E-state index < -0.39 is 65.3 Å². The molecule has 2 atom stereocenters. The maximum atomic E-state index is 13.1. The van der Waals surface area contributed by atoms with E-state index in [2.05, 4.69) is 4.98 Å². The van der Waals surface area contributed by atoms with Gasteiger partial charge in [-0.1, -0.05) is 31.2 Å². The second kappa shape index (κ2) is 12.0. The maximum Gasteiger partial charge on any atom is 0.416 e. The van der Waals surface area contributed by atoms with E-state index in [9.17, 15) is 41.0 Å². The van der Waals surface area contributed by atoms with Crippen LogP contribution in [0.5, 0.6) is 11.5 Å². The van der Waals surface area contributed by atoms with Crippen molar-refractivity contribution < 1.29 is 50.5 Å². The molecular weight excluding hydrogens is 544 g/mol. The summed E-state index contributed by atoms with van der Waals surface area (Å²) < 4.78 is 89.0. The van der Waals surface area contributed by atoms with Gasteiger partial charge in [0.1, 0.15) is 6.10 Å². The van der Waals surface area contributed by atoms with Crippen LogP contribution in [0.3, 0.4) is 0 Å². The zero-order valence-electron chi connectivity index (χ0n) is 21.5. The van der Waals surface area contributed by atoms with Crippen molar-refractivity contribution >= 4 is 11.8 Å². The molecule has 0 spiro atoms. The Bertz CT molecular complexity index is 1280. The molecule has 0 aliphatic rings. The Morgan fingerprint density at radius 1 is 0.850 bits per heavy atom. The summed E-state index contributed by atoms with van der Waals surface area (Å²) in [7, 11) is 1.29. The molecule has 0 saturated carbocycles. The maximum absolute atomic E-state index is 13.1. The number of carbonyl (C=O) groups is 2. The van der Waals surface area contributed by atoms with Crippen molar-refractivity contribution in [2.24, 2.45) is 5.92 Å². The monoisotopic (exact) mass is 569 g/mol. The fourth-order valence-corrected chi connectivity index (χ4v) is 4.12. The summed E-state index contributed by atoms with van der Waals surface area (Å²) in [6.45, 7) is 2.84. The molecule has 0 aliphatic heterocycles. The fraction of sp³-hybridized carbons (Fsp3) is 0.321. The highest BCUT2D eigenvalue weighted by Gasteiger charge is 2.34. The van der Waals surface area contributed by atoms with Gasteiger partial charge in [-0.2, -0.15) is 26.3 Å². The zero-order chi connectivity index (χ0) is 29.8. The molecule has 0 amide bonds. The highest BCUT2D eigenvalue weighted by atomic mass is 19.4. The summed E-state index contributed by atoms with van der Waals surface area (Å²) >= 11 is 0. The number of alkyl halides is 6. The standard InChI is InChI=1S/C28H25F6NO5/c1-15(14-21(36)24-25(37)22(39-3)12-13-35-24)26(38)40-16(2)23(17-4-8-19(9-5-17)27(29,30)31)18-6-10-20(11-7-18)28(32,33)34/h4-13,15-16,23,37H,14H2,1-3H3/t15-,16+/m1/s1. The number of aromatic hydroxyl groups is 1. The van der Waals surface area contributed by atoms with Crippen LogP contribution in [0.25, 0.3) is 0 Å². The predicted octanol–water partition coefficient (Wildman–Crippen LogP) is 6.81. The zero-order valence-corrected chi connectivity index (χ0v) is 21.5. The number of nitrogens with zero attached hydrogens (tertiary/aromatic N) is 1. The van der Waals surface area contributed by atoms with Crippen LogP contribution in [0, 0.1) is 5.92 Å². The number of hydrogen-bond acceptors (Lipinski definition) is 6. The van der Waals surface area contributed by atoms with Crippen LogP contribution in [0.2, 0.25) is 0 Å². The van der Waals surface area contributed by atoms with Gasteiger partial charge in [-0.05, 0) is 42.3 Å². The Morgan fingerprint density at radius 3 is 1.75 bits per heavy atom. The summed E-state index contributed by atoms with van der Waals surface area (Å²) in [5.41, 5.74) is -1.62. The minimum Gasteiger partial charge on any atom is -0.503 e. The molecule has 1 heterocycles. The van der Waals surface area contributed by atoms with Crippen molar-refractivity contribution in [3.63, 3.8) is 0 Å². The van der Waals surface area contributed by atoms with Crippen molar-refractivity contribution in [3.05, 3.63) is 88.7 Å². The molecule has 1 N–H and O–H groups in total. The minimum atomic E-state index is -4.60. The number of ether oxygens (including phenoxy) is 2. The largest absolute Gasteiger partial charge is 0.503 e. The van der Waals surface area contributed by atoms with E-state index >= 15 is 0 Å². The molecule has 2 aromatic carbocycles. The number of aromatic nitrogens is 1. The molecule has 1 aromatic heterocycles. The molecule has 3 rings (SSSR count). The van der Waals surface area contributed by atoms with Crippen LogP contribution in [-0.2, 0) is 21.9 Å². The van der Waals surface area contributed by atoms with Gasteiger partial charge in [-0.3, -0.25) is 9.59 Å². The summed E-state index contributed by atoms with van der Waals surface area (Å²) in [5.74, 6) is -3.95. The number of methoxy groups -OCH3 is 1. The Kier molecular flexibility index (Phi) is 9.11. The third kappa shape index (κ3) is 7.10. The molecule has 0 radical (unpaired) electrons. The topological polar surface area (TPSA) is 85.7 Å². The van der Waals surface area contributed by atoms with Crippen molar-refractivity contribution in [1.29, 1.82) is 0 Å². The predicted molar refractivity (Wildman–Crippen MR) is 131 cm³/mol. The summed E-state index contributed by atoms with van der Waals surface area (Å²) in [4.78, 5) is 29.4. The van der Waals surface area contributed by atoms with Crippen molar-refractivity contribution in [2.75, 3.05) is 7.11 Å². The summed E-state index contributed by atoms with van der Waals surface area (Å²) in [6.07, 6.45) is -9.41. The molecule has 12 heteroatoms. The number of Topliss-reactive ketones (excluding diaryl/α,β-unsaturated/α-hetero) is 1. The first-order chi connectivity index (χ1) is 18.6. The fourth-order valence-electron chi connectivity index (χ4n) is 4.12. The highest BCUT2D eigenvalue weighted by Crippen LogP contribution is 2.36. The molecule has 3 aromatic rings. The lowest BCUT2D eigenvalue weighted by Gasteiger charge is -2.27. The van der Waals surface area contributed by atoms with Gasteiger partial charge in [0.05, 0.1) is 24.2 Å². The van der Waals surface area contributed by atoms with E-state index in [1.165, 1.54) is 57.5 Å². The van der Waals surface area contributed by atoms with Gasteiger partial charge in [0.25, 0.3) is 0 Å². The second-order valence-corrected chi connectivity index (χ2v) is 9.10. The van der Waals surface area contributed by atoms with E-state index in [-0.39, 0.29) is 22.6 Å². The van der Waals surface area contributed by atoms with Crippen LogP contribution < -0.4 is 4.74 Å². The third-order valence-electron chi connectivity index (χ3n) is 6.23. The molecule has 0 unspecified atom stereocenters. The molecule has 0 saturated heterocycles. The van der Waals surface area contributed by atoms with Gasteiger partial charge in [0.15, 0.2) is 23.0 Å². The van der Waals surface area contributed by atoms with Crippen LogP contribution >= 0.6 is 0 Å². The second-order valence-electron chi connectivity index (χ2n) is 9.10. The number of ketones is 1. The average Bonchev–Trinajstić information content (AvgIpc) is 2.88. The number of esters is 1. The van der Waals surface area contributed by atoms with Gasteiger partial charge in [0.2, 0.25) is 0 Å². The van der Waals surface area contributed by atoms with Crippen molar-refractivity contribution in [1.82, 2.24) is 4.98 Å². The smallest absolute Gasteiger partial charge is 0.416 e. The molecule has 40 heavy (non-hydrogen) atoms. The third-order valence-corrected chi connectivity index (χ3v) is 6.23. The number of hydrogen-bond donors (Lipinski definition) is 1. The first-order valence-electron chi connectivity index (χ1n) is 11.9. The number of pyridine rings is 1. The Labute approximate surface area is 225 Å². The van der Waals surface area contributed by atoms with E-state index in [1.807, 2.05) is 0 Å². The van der Waals surface area contributed by atoms with E-state index in [0.29, 0.717) is 0 Å². The van der Waals surface area contributed by atoms with Crippen LogP contribution in [0.1, 0.15) is 58.9 Å². The van der Waals surface area contributed by atoms with E-state index in [1.54, 1.807) is 0 Å². The highest BCUT2D eigenvalue weighted by molar-refractivity contribution is 5.99. The molecule has 0 bridgehead atoms. The van der Waals surface area contributed by atoms with Crippen LogP contribution in [0.4, 0.5) is 26.3 Å². The SMILES string of the molecule is COc1ccnc(C(=O)C[C@@H](C)C(=O)O[C@@H](C)C(c2ccc(C(F)(F)F)cc2)c2ccc(C(F)(F)F)cc2)c1O. The summed E-state index contributed by atoms with van der Waals surface area (Å²) in [6, 6.07) is 9.32. The van der Waals surface area contributed by atoms with Crippen LogP contribution in [-0.4, -0.2) is 35.1 Å². The Morgan fingerprint density at radius 2 is 1.32 bits per heavy atom. The lowest BCUT2D eigenvalue weighted by atomic mass is 9.86. The van der Waals surface area contributed by atoms with E-state index in [0.717, 1.165) is 24.3 Å². The van der Waals surface area contributed by atoms with Crippen molar-refractivity contribution in [2.45, 2.75) is 44.6 Å². The average molecular weight is 569 g/mol. The molecule has 0 aliphatic carbocycles. The van der Waals surface area contributed by atoms with Gasteiger partial charge in [0, 0.05) is 24.6 Å². The molecule has 0 fully saturated rings. The Balaban J connectivity index is 1.85. The number of benzene rings is 2. The van der Waals surface area contributed by atoms with Gasteiger partial charge < -0.3 is 14.6 Å². The van der Waals surface area contributed by atoms with Gasteiger partial charge in [-0.15, -0.1) is 0 Å². The van der Waals surface area contributed by atoms with Gasteiger partial charge >= 0.3 is 18.3 Å². The number of carbonyl (C=O) groups excluding carboxylic acids is 2. The van der Waals surface area contributed by atoms with E-state index in [4.69, 9.17) is 9.47 Å². The lowest BCUT2D eigenvalue weighted by Crippen LogP contribution is -2.28. The first kappa shape index (κ1) is 30.5. The Hall–Kier alpha value is -4.09. The lowest BCUT2D eigenvalue weighted by molar-refractivity contribution is -0.153. The van der Waals surface area contributed by atoms with Gasteiger partial charge in [-0.25, -0.2) is 4.98 Å². The van der Waals surface area contributed by atoms with Crippen LogP contribution in [0.15, 0.2) is 60.8 Å². The summed E-state index contributed by atoms with van der Waals surface area (Å²) in [5, 5.41) is 10.2. The molecule has 214 valence electrons. The normalized spacial score (nSPS) is 13.6. The number of halogens is 6. The number of rotatable bonds is 9.